The van der Waals surface area contributed by atoms with Crippen LogP contribution >= 0.6 is 0 Å². The van der Waals surface area contributed by atoms with E-state index in [1.165, 1.54) is 87.6 Å². The fourth-order valence-electron chi connectivity index (χ4n) is 7.02. The van der Waals surface area contributed by atoms with Crippen molar-refractivity contribution < 1.29 is 0 Å². The van der Waals surface area contributed by atoms with Crippen LogP contribution in [0.5, 0.6) is 0 Å². The van der Waals surface area contributed by atoms with Gasteiger partial charge in [0.2, 0.25) is 0 Å². The van der Waals surface area contributed by atoms with Gasteiger partial charge in [-0.1, -0.05) is 140 Å². The molecule has 0 fully saturated rings. The summed E-state index contributed by atoms with van der Waals surface area (Å²) in [5, 5.41) is 10.0. The zero-order valence-corrected chi connectivity index (χ0v) is 25.3. The molecule has 9 aromatic carbocycles. The molecule has 0 aromatic heterocycles. The SMILES string of the molecule is c1cc(-c2ccc3ccccc3c2)cc(-c2cc3cc4ccccc4cc3cc2-c2ccccc2-c2ccc3ccccc3c2)c1. The van der Waals surface area contributed by atoms with Crippen molar-refractivity contribution in [3.05, 3.63) is 182 Å². The second kappa shape index (κ2) is 10.9. The van der Waals surface area contributed by atoms with Crippen molar-refractivity contribution in [1.29, 1.82) is 0 Å². The Labute approximate surface area is 268 Å². The molecule has 0 nitrogen and oxygen atoms in total. The molecule has 0 radical (unpaired) electrons. The van der Waals surface area contributed by atoms with Crippen LogP contribution in [0, 0.1) is 0 Å². The molecule has 0 spiro atoms. The second-order valence-electron chi connectivity index (χ2n) is 12.2. The van der Waals surface area contributed by atoms with Crippen LogP contribution in [-0.2, 0) is 0 Å². The minimum absolute atomic E-state index is 1.21. The third-order valence-corrected chi connectivity index (χ3v) is 9.38. The zero-order chi connectivity index (χ0) is 30.5. The molecule has 0 aliphatic carbocycles. The third kappa shape index (κ3) is 4.64. The van der Waals surface area contributed by atoms with Crippen LogP contribution < -0.4 is 0 Å². The highest BCUT2D eigenvalue weighted by Crippen LogP contribution is 2.42. The molecule has 214 valence electrons. The molecule has 0 aliphatic rings. The first kappa shape index (κ1) is 26.4. The average Bonchev–Trinajstić information content (AvgIpc) is 3.13. The molecule has 0 aliphatic heterocycles. The largest absolute Gasteiger partial charge is 0.0616 e. The molecule has 0 bridgehead atoms. The highest BCUT2D eigenvalue weighted by molar-refractivity contribution is 6.05. The smallest absolute Gasteiger partial charge is 0.00928 e. The van der Waals surface area contributed by atoms with E-state index in [4.69, 9.17) is 0 Å². The molecular weight excluding hydrogens is 553 g/mol. The van der Waals surface area contributed by atoms with Crippen LogP contribution in [0.3, 0.4) is 0 Å². The van der Waals surface area contributed by atoms with Gasteiger partial charge in [-0.05, 0) is 130 Å². The Morgan fingerprint density at radius 2 is 0.609 bits per heavy atom. The van der Waals surface area contributed by atoms with Gasteiger partial charge in [0.25, 0.3) is 0 Å². The second-order valence-corrected chi connectivity index (χ2v) is 12.2. The maximum atomic E-state index is 2.40. The normalized spacial score (nSPS) is 11.5. The third-order valence-electron chi connectivity index (χ3n) is 9.38. The van der Waals surface area contributed by atoms with Crippen LogP contribution in [-0.4, -0.2) is 0 Å². The van der Waals surface area contributed by atoms with E-state index in [2.05, 4.69) is 182 Å². The molecule has 0 unspecified atom stereocenters. The van der Waals surface area contributed by atoms with Gasteiger partial charge >= 0.3 is 0 Å². The highest BCUT2D eigenvalue weighted by Gasteiger charge is 2.16. The Balaban J connectivity index is 1.28. The van der Waals surface area contributed by atoms with E-state index in [-0.39, 0.29) is 0 Å². The summed E-state index contributed by atoms with van der Waals surface area (Å²) < 4.78 is 0. The average molecular weight is 583 g/mol. The summed E-state index contributed by atoms with van der Waals surface area (Å²) in [5.74, 6) is 0. The predicted molar refractivity (Wildman–Crippen MR) is 198 cm³/mol. The van der Waals surface area contributed by atoms with Gasteiger partial charge in [0, 0.05) is 0 Å². The summed E-state index contributed by atoms with van der Waals surface area (Å²) in [6.07, 6.45) is 0. The molecule has 9 aromatic rings. The molecule has 9 rings (SSSR count). The van der Waals surface area contributed by atoms with Crippen LogP contribution in [0.4, 0.5) is 0 Å². The lowest BCUT2D eigenvalue weighted by Crippen LogP contribution is -1.91. The van der Waals surface area contributed by atoms with Crippen molar-refractivity contribution in [2.75, 3.05) is 0 Å². The molecule has 0 heteroatoms. The van der Waals surface area contributed by atoms with Gasteiger partial charge in [-0.25, -0.2) is 0 Å². The quantitative estimate of drug-likeness (QED) is 0.181. The molecule has 0 saturated heterocycles. The highest BCUT2D eigenvalue weighted by atomic mass is 14.2. The van der Waals surface area contributed by atoms with E-state index in [9.17, 15) is 0 Å². The first-order chi connectivity index (χ1) is 22.8. The topological polar surface area (TPSA) is 0 Å². The predicted octanol–water partition coefficient (Wildman–Crippen LogP) is 13.0. The van der Waals surface area contributed by atoms with Crippen molar-refractivity contribution in [2.24, 2.45) is 0 Å². The molecule has 0 amide bonds. The van der Waals surface area contributed by atoms with E-state index >= 15 is 0 Å². The molecule has 46 heavy (non-hydrogen) atoms. The van der Waals surface area contributed by atoms with E-state index in [0.717, 1.165) is 0 Å². The van der Waals surface area contributed by atoms with Gasteiger partial charge in [-0.15, -0.1) is 0 Å². The van der Waals surface area contributed by atoms with Gasteiger partial charge in [0.1, 0.15) is 0 Å². The Bertz CT molecular complexity index is 2590. The monoisotopic (exact) mass is 582 g/mol. The lowest BCUT2D eigenvalue weighted by atomic mass is 9.86. The summed E-state index contributed by atoms with van der Waals surface area (Å²) in [4.78, 5) is 0. The maximum absolute atomic E-state index is 2.40. The molecule has 0 heterocycles. The fourth-order valence-corrected chi connectivity index (χ4v) is 7.02. The Kier molecular flexibility index (Phi) is 6.25. The van der Waals surface area contributed by atoms with E-state index in [1.807, 2.05) is 0 Å². The fraction of sp³-hybridized carbons (Fsp3) is 0. The number of hydrogen-bond donors (Lipinski definition) is 0. The van der Waals surface area contributed by atoms with Crippen molar-refractivity contribution in [3.63, 3.8) is 0 Å². The Morgan fingerprint density at radius 3 is 1.26 bits per heavy atom. The van der Waals surface area contributed by atoms with Gasteiger partial charge < -0.3 is 0 Å². The van der Waals surface area contributed by atoms with Crippen molar-refractivity contribution >= 4 is 43.1 Å². The lowest BCUT2D eigenvalue weighted by Gasteiger charge is -2.18. The maximum Gasteiger partial charge on any atom is -0.00928 e. The summed E-state index contributed by atoms with van der Waals surface area (Å²) in [7, 11) is 0. The zero-order valence-electron chi connectivity index (χ0n) is 25.3. The lowest BCUT2D eigenvalue weighted by molar-refractivity contribution is 1.58. The molecule has 0 atom stereocenters. The summed E-state index contributed by atoms with van der Waals surface area (Å²) in [6.45, 7) is 0. The standard InChI is InChI=1S/C46H30/c1-3-12-33-24-38(22-20-31(33)10-1)37-16-9-17-39(26-37)45-29-41-27-35-14-5-6-15-36(35)28-42(41)30-46(45)44-19-8-7-18-43(44)40-23-21-32-11-2-4-13-34(32)25-40/h1-30H. The number of rotatable bonds is 4. The summed E-state index contributed by atoms with van der Waals surface area (Å²) in [6, 6.07) is 66.8. The molecule has 0 saturated carbocycles. The van der Waals surface area contributed by atoms with Gasteiger partial charge in [-0.3, -0.25) is 0 Å². The minimum Gasteiger partial charge on any atom is -0.0616 e. The number of benzene rings is 9. The van der Waals surface area contributed by atoms with Crippen LogP contribution in [0.2, 0.25) is 0 Å². The number of fused-ring (bicyclic) bond motifs is 4. The van der Waals surface area contributed by atoms with Crippen molar-refractivity contribution in [1.82, 2.24) is 0 Å². The van der Waals surface area contributed by atoms with Crippen molar-refractivity contribution in [2.45, 2.75) is 0 Å². The first-order valence-corrected chi connectivity index (χ1v) is 15.9. The van der Waals surface area contributed by atoms with Gasteiger partial charge in [0.05, 0.1) is 0 Å². The Hall–Kier alpha value is -5.98. The van der Waals surface area contributed by atoms with Gasteiger partial charge in [0.15, 0.2) is 0 Å². The molecule has 0 N–H and O–H groups in total. The van der Waals surface area contributed by atoms with Crippen molar-refractivity contribution in [3.8, 4) is 44.5 Å². The van der Waals surface area contributed by atoms with Crippen LogP contribution in [0.25, 0.3) is 87.6 Å². The Morgan fingerprint density at radius 1 is 0.174 bits per heavy atom. The van der Waals surface area contributed by atoms with E-state index in [1.54, 1.807) is 0 Å². The molecular formula is C46H30. The van der Waals surface area contributed by atoms with Crippen LogP contribution in [0.15, 0.2) is 182 Å². The summed E-state index contributed by atoms with van der Waals surface area (Å²) in [5.41, 5.74) is 9.83. The first-order valence-electron chi connectivity index (χ1n) is 15.9. The van der Waals surface area contributed by atoms with E-state index in [0.29, 0.717) is 0 Å². The van der Waals surface area contributed by atoms with E-state index < -0.39 is 0 Å². The minimum atomic E-state index is 1.21. The van der Waals surface area contributed by atoms with Crippen LogP contribution in [0.1, 0.15) is 0 Å². The number of hydrogen-bond acceptors (Lipinski definition) is 0. The van der Waals surface area contributed by atoms with Gasteiger partial charge in [-0.2, -0.15) is 0 Å². The summed E-state index contributed by atoms with van der Waals surface area (Å²) >= 11 is 0.